The summed E-state index contributed by atoms with van der Waals surface area (Å²) in [4.78, 5) is 17.0. The van der Waals surface area contributed by atoms with Gasteiger partial charge in [0.1, 0.15) is 0 Å². The SMILES string of the molecule is Cc1cc(C)c2nc(SCC(=O)Nc3cc(Cl)ccc3Cl)cc(C)c2c1. The second kappa shape index (κ2) is 7.87. The Bertz CT molecular complexity index is 1000. The Morgan fingerprint density at radius 1 is 1.08 bits per heavy atom. The second-order valence-corrected chi connectivity index (χ2v) is 8.06. The average Bonchev–Trinajstić information content (AvgIpc) is 2.57. The number of hydrogen-bond donors (Lipinski definition) is 1. The third-order valence-electron chi connectivity index (χ3n) is 3.99. The number of nitrogens with zero attached hydrogens (tertiary/aromatic N) is 1. The van der Waals surface area contributed by atoms with E-state index in [1.807, 2.05) is 6.07 Å². The summed E-state index contributed by atoms with van der Waals surface area (Å²) in [6.45, 7) is 6.21. The summed E-state index contributed by atoms with van der Waals surface area (Å²) in [5.41, 5.74) is 5.01. The quantitative estimate of drug-likeness (QED) is 0.526. The number of halogens is 2. The number of carbonyl (C=O) groups excluding carboxylic acids is 1. The summed E-state index contributed by atoms with van der Waals surface area (Å²) in [7, 11) is 0. The maximum Gasteiger partial charge on any atom is 0.234 e. The first-order valence-corrected chi connectivity index (χ1v) is 9.84. The number of thioether (sulfide) groups is 1. The molecule has 0 aliphatic heterocycles. The van der Waals surface area contributed by atoms with Gasteiger partial charge in [-0.05, 0) is 62.2 Å². The van der Waals surface area contributed by atoms with Crippen LogP contribution in [0.2, 0.25) is 10.0 Å². The number of carbonyl (C=O) groups is 1. The number of fused-ring (bicyclic) bond motifs is 1. The summed E-state index contributed by atoms with van der Waals surface area (Å²) < 4.78 is 0. The van der Waals surface area contributed by atoms with Gasteiger partial charge in [0.25, 0.3) is 0 Å². The van der Waals surface area contributed by atoms with Gasteiger partial charge in [0, 0.05) is 10.4 Å². The van der Waals surface area contributed by atoms with Crippen LogP contribution in [0.1, 0.15) is 16.7 Å². The molecule has 2 aromatic carbocycles. The highest BCUT2D eigenvalue weighted by Crippen LogP contribution is 2.28. The Morgan fingerprint density at radius 3 is 2.62 bits per heavy atom. The van der Waals surface area contributed by atoms with Crippen LogP contribution >= 0.6 is 35.0 Å². The predicted octanol–water partition coefficient (Wildman–Crippen LogP) is 6.20. The Balaban J connectivity index is 1.75. The normalized spacial score (nSPS) is 11.0. The molecule has 0 spiro atoms. The van der Waals surface area contributed by atoms with Gasteiger partial charge in [-0.2, -0.15) is 0 Å². The van der Waals surface area contributed by atoms with Crippen molar-refractivity contribution < 1.29 is 4.79 Å². The molecule has 0 saturated carbocycles. The van der Waals surface area contributed by atoms with Gasteiger partial charge in [0.05, 0.1) is 27.0 Å². The van der Waals surface area contributed by atoms with Gasteiger partial charge < -0.3 is 5.32 Å². The molecule has 1 heterocycles. The third kappa shape index (κ3) is 4.32. The number of aryl methyl sites for hydroxylation is 3. The van der Waals surface area contributed by atoms with Crippen molar-refractivity contribution in [2.45, 2.75) is 25.8 Å². The van der Waals surface area contributed by atoms with Crippen molar-refractivity contribution in [1.82, 2.24) is 4.98 Å². The Kier molecular flexibility index (Phi) is 5.76. The zero-order chi connectivity index (χ0) is 18.8. The number of anilines is 1. The standard InChI is InChI=1S/C20H18Cl2N2OS/c1-11-6-13(3)20-15(7-11)12(2)8-19(24-20)26-10-18(25)23-17-9-14(21)4-5-16(17)22/h4-9H,10H2,1-3H3,(H,23,25). The molecule has 0 aliphatic rings. The lowest BCUT2D eigenvalue weighted by atomic mass is 10.0. The predicted molar refractivity (Wildman–Crippen MR) is 112 cm³/mol. The van der Waals surface area contributed by atoms with Crippen molar-refractivity contribution in [3.05, 3.63) is 63.1 Å². The molecule has 134 valence electrons. The average molecular weight is 405 g/mol. The van der Waals surface area contributed by atoms with E-state index >= 15 is 0 Å². The zero-order valence-electron chi connectivity index (χ0n) is 14.7. The molecular formula is C20H18Cl2N2OS. The zero-order valence-corrected chi connectivity index (χ0v) is 17.0. The van der Waals surface area contributed by atoms with Gasteiger partial charge in [-0.3, -0.25) is 4.79 Å². The Morgan fingerprint density at radius 2 is 1.85 bits per heavy atom. The first kappa shape index (κ1) is 19.0. The number of aromatic nitrogens is 1. The molecule has 0 fully saturated rings. The molecule has 0 aliphatic carbocycles. The van der Waals surface area contributed by atoms with Crippen LogP contribution in [0.15, 0.2) is 41.4 Å². The summed E-state index contributed by atoms with van der Waals surface area (Å²) in [5, 5.41) is 5.75. The van der Waals surface area contributed by atoms with E-state index in [9.17, 15) is 4.79 Å². The largest absolute Gasteiger partial charge is 0.324 e. The highest BCUT2D eigenvalue weighted by Gasteiger charge is 2.10. The molecule has 1 amide bonds. The van der Waals surface area contributed by atoms with Crippen LogP contribution in [0, 0.1) is 20.8 Å². The number of pyridine rings is 1. The van der Waals surface area contributed by atoms with Crippen molar-refractivity contribution in [3.63, 3.8) is 0 Å². The Hall–Kier alpha value is -1.75. The molecule has 0 bridgehead atoms. The van der Waals surface area contributed by atoms with Gasteiger partial charge in [-0.15, -0.1) is 0 Å². The van der Waals surface area contributed by atoms with E-state index in [0.717, 1.165) is 27.1 Å². The monoisotopic (exact) mass is 404 g/mol. The van der Waals surface area contributed by atoms with E-state index in [4.69, 9.17) is 28.2 Å². The number of amides is 1. The van der Waals surface area contributed by atoms with Crippen molar-refractivity contribution in [2.75, 3.05) is 11.1 Å². The maximum absolute atomic E-state index is 12.2. The molecule has 1 N–H and O–H groups in total. The fraction of sp³-hybridized carbons (Fsp3) is 0.200. The topological polar surface area (TPSA) is 42.0 Å². The van der Waals surface area contributed by atoms with Gasteiger partial charge in [0.15, 0.2) is 0 Å². The molecule has 6 heteroatoms. The molecule has 0 atom stereocenters. The fourth-order valence-corrected chi connectivity index (χ4v) is 3.91. The Labute approximate surface area is 167 Å². The van der Waals surface area contributed by atoms with E-state index in [1.54, 1.807) is 18.2 Å². The lowest BCUT2D eigenvalue weighted by Gasteiger charge is -2.10. The minimum Gasteiger partial charge on any atom is -0.324 e. The van der Waals surface area contributed by atoms with Crippen LogP contribution in [0.5, 0.6) is 0 Å². The number of rotatable bonds is 4. The summed E-state index contributed by atoms with van der Waals surface area (Å²) >= 11 is 13.4. The molecule has 3 nitrogen and oxygen atoms in total. The van der Waals surface area contributed by atoms with Gasteiger partial charge in [-0.1, -0.05) is 46.6 Å². The van der Waals surface area contributed by atoms with Crippen molar-refractivity contribution in [3.8, 4) is 0 Å². The van der Waals surface area contributed by atoms with E-state index < -0.39 is 0 Å². The maximum atomic E-state index is 12.2. The molecule has 1 aromatic heterocycles. The molecule has 3 rings (SSSR count). The van der Waals surface area contributed by atoms with Crippen molar-refractivity contribution in [1.29, 1.82) is 0 Å². The minimum atomic E-state index is -0.153. The highest BCUT2D eigenvalue weighted by molar-refractivity contribution is 7.99. The van der Waals surface area contributed by atoms with Crippen molar-refractivity contribution in [2.24, 2.45) is 0 Å². The molecule has 26 heavy (non-hydrogen) atoms. The van der Waals surface area contributed by atoms with Crippen LogP contribution in [0.3, 0.4) is 0 Å². The minimum absolute atomic E-state index is 0.153. The summed E-state index contributed by atoms with van der Waals surface area (Å²) in [5.74, 6) is 0.0884. The summed E-state index contributed by atoms with van der Waals surface area (Å²) in [6, 6.07) is 11.3. The first-order chi connectivity index (χ1) is 12.3. The fourth-order valence-electron chi connectivity index (χ4n) is 2.81. The number of nitrogens with one attached hydrogen (secondary N) is 1. The lowest BCUT2D eigenvalue weighted by molar-refractivity contribution is -0.113. The third-order valence-corrected chi connectivity index (χ3v) is 5.46. The smallest absolute Gasteiger partial charge is 0.234 e. The molecule has 3 aromatic rings. The number of benzene rings is 2. The lowest BCUT2D eigenvalue weighted by Crippen LogP contribution is -2.14. The van der Waals surface area contributed by atoms with E-state index in [1.165, 1.54) is 17.3 Å². The second-order valence-electron chi connectivity index (χ2n) is 6.22. The molecular weight excluding hydrogens is 387 g/mol. The van der Waals surface area contributed by atoms with E-state index in [2.05, 4.69) is 38.2 Å². The van der Waals surface area contributed by atoms with E-state index in [-0.39, 0.29) is 11.7 Å². The van der Waals surface area contributed by atoms with Crippen LogP contribution in [-0.4, -0.2) is 16.6 Å². The van der Waals surface area contributed by atoms with Gasteiger partial charge >= 0.3 is 0 Å². The van der Waals surface area contributed by atoms with E-state index in [0.29, 0.717) is 15.7 Å². The molecule has 0 unspecified atom stereocenters. The van der Waals surface area contributed by atoms with Gasteiger partial charge in [0.2, 0.25) is 5.91 Å². The number of hydrogen-bond acceptors (Lipinski definition) is 3. The van der Waals surface area contributed by atoms with Gasteiger partial charge in [-0.25, -0.2) is 4.98 Å². The van der Waals surface area contributed by atoms with Crippen LogP contribution in [0.25, 0.3) is 10.9 Å². The highest BCUT2D eigenvalue weighted by atomic mass is 35.5. The van der Waals surface area contributed by atoms with Crippen LogP contribution < -0.4 is 5.32 Å². The van der Waals surface area contributed by atoms with Crippen LogP contribution in [-0.2, 0) is 4.79 Å². The van der Waals surface area contributed by atoms with Crippen LogP contribution in [0.4, 0.5) is 5.69 Å². The van der Waals surface area contributed by atoms with Crippen molar-refractivity contribution >= 4 is 57.5 Å². The first-order valence-electron chi connectivity index (χ1n) is 8.10. The molecule has 0 radical (unpaired) electrons. The summed E-state index contributed by atoms with van der Waals surface area (Å²) in [6.07, 6.45) is 0. The molecule has 0 saturated heterocycles.